The predicted molar refractivity (Wildman–Crippen MR) is 61.2 cm³/mol. The number of aliphatic hydroxyl groups is 1. The van der Waals surface area contributed by atoms with E-state index in [2.05, 4.69) is 10.3 Å². The Bertz CT molecular complexity index is 387. The first-order valence-corrected chi connectivity index (χ1v) is 6.04. The van der Waals surface area contributed by atoms with Gasteiger partial charge >= 0.3 is 0 Å². The zero-order chi connectivity index (χ0) is 12.3. The maximum Gasteiger partial charge on any atom is 0.244 e. The highest BCUT2D eigenvalue weighted by Crippen LogP contribution is 2.26. The summed E-state index contributed by atoms with van der Waals surface area (Å²) >= 11 is 0. The van der Waals surface area contributed by atoms with Gasteiger partial charge in [-0.25, -0.2) is 4.68 Å². The normalized spacial score (nSPS) is 14.9. The van der Waals surface area contributed by atoms with Crippen LogP contribution in [-0.2, 0) is 17.8 Å². The van der Waals surface area contributed by atoms with E-state index in [1.807, 2.05) is 11.8 Å². The quantitative estimate of drug-likeness (QED) is 0.746. The van der Waals surface area contributed by atoms with Gasteiger partial charge in [-0.05, 0) is 19.8 Å². The Morgan fingerprint density at radius 2 is 2.41 bits per heavy atom. The lowest BCUT2D eigenvalue weighted by molar-refractivity contribution is -0.132. The van der Waals surface area contributed by atoms with Crippen molar-refractivity contribution in [1.29, 1.82) is 0 Å². The number of carbonyl (C=O) groups is 1. The van der Waals surface area contributed by atoms with Crippen molar-refractivity contribution in [1.82, 2.24) is 19.9 Å². The molecular formula is C11H18N4O2. The minimum atomic E-state index is 0.0514. The van der Waals surface area contributed by atoms with Gasteiger partial charge in [-0.1, -0.05) is 5.21 Å². The highest BCUT2D eigenvalue weighted by molar-refractivity contribution is 5.76. The molecular weight excluding hydrogens is 220 g/mol. The van der Waals surface area contributed by atoms with Crippen molar-refractivity contribution < 1.29 is 9.90 Å². The summed E-state index contributed by atoms with van der Waals surface area (Å²) < 4.78 is 1.54. The van der Waals surface area contributed by atoms with E-state index in [4.69, 9.17) is 5.11 Å². The minimum absolute atomic E-state index is 0.0514. The van der Waals surface area contributed by atoms with Crippen molar-refractivity contribution >= 4 is 5.91 Å². The zero-order valence-corrected chi connectivity index (χ0v) is 10.0. The average molecular weight is 238 g/mol. The number of aromatic nitrogens is 3. The van der Waals surface area contributed by atoms with Crippen molar-refractivity contribution in [3.8, 4) is 0 Å². The summed E-state index contributed by atoms with van der Waals surface area (Å²) in [6, 6.07) is 0.438. The van der Waals surface area contributed by atoms with Crippen LogP contribution in [-0.4, -0.2) is 50.1 Å². The molecule has 2 rings (SSSR count). The average Bonchev–Trinajstić information content (AvgIpc) is 3.03. The van der Waals surface area contributed by atoms with Crippen LogP contribution in [0.15, 0.2) is 6.20 Å². The second kappa shape index (κ2) is 5.27. The summed E-state index contributed by atoms with van der Waals surface area (Å²) in [5.74, 6) is 0.0930. The molecule has 0 aromatic carbocycles. The van der Waals surface area contributed by atoms with Crippen molar-refractivity contribution in [2.24, 2.45) is 0 Å². The van der Waals surface area contributed by atoms with Gasteiger partial charge in [-0.2, -0.15) is 0 Å². The number of hydrogen-bond donors (Lipinski definition) is 1. The number of carbonyl (C=O) groups excluding carboxylic acids is 1. The van der Waals surface area contributed by atoms with E-state index < -0.39 is 0 Å². The van der Waals surface area contributed by atoms with Gasteiger partial charge in [0.2, 0.25) is 5.91 Å². The van der Waals surface area contributed by atoms with Crippen LogP contribution in [0.1, 0.15) is 25.5 Å². The molecule has 0 spiro atoms. The van der Waals surface area contributed by atoms with Gasteiger partial charge in [0.05, 0.1) is 5.69 Å². The molecule has 6 nitrogen and oxygen atoms in total. The number of amides is 1. The van der Waals surface area contributed by atoms with Crippen LogP contribution < -0.4 is 0 Å². The second-order valence-corrected chi connectivity index (χ2v) is 4.29. The molecule has 0 radical (unpaired) electrons. The molecule has 1 aromatic heterocycles. The summed E-state index contributed by atoms with van der Waals surface area (Å²) in [4.78, 5) is 13.9. The maximum atomic E-state index is 12.0. The monoisotopic (exact) mass is 238 g/mol. The molecule has 0 atom stereocenters. The highest BCUT2D eigenvalue weighted by Gasteiger charge is 2.31. The lowest BCUT2D eigenvalue weighted by atomic mass is 10.3. The molecule has 1 aliphatic carbocycles. The molecule has 1 heterocycles. The van der Waals surface area contributed by atoms with Gasteiger partial charge in [-0.3, -0.25) is 4.79 Å². The number of rotatable bonds is 6. The first-order chi connectivity index (χ1) is 8.24. The predicted octanol–water partition coefficient (Wildman–Crippen LogP) is -0.176. The van der Waals surface area contributed by atoms with E-state index in [1.165, 1.54) is 0 Å². The van der Waals surface area contributed by atoms with Gasteiger partial charge < -0.3 is 10.0 Å². The first-order valence-electron chi connectivity index (χ1n) is 6.04. The molecule has 1 aliphatic rings. The smallest absolute Gasteiger partial charge is 0.244 e. The summed E-state index contributed by atoms with van der Waals surface area (Å²) in [5, 5.41) is 16.5. The van der Waals surface area contributed by atoms with Crippen LogP contribution in [0.4, 0.5) is 0 Å². The molecule has 0 bridgehead atoms. The van der Waals surface area contributed by atoms with Crippen LogP contribution in [0.3, 0.4) is 0 Å². The van der Waals surface area contributed by atoms with Gasteiger partial charge in [0, 0.05) is 31.8 Å². The van der Waals surface area contributed by atoms with E-state index in [-0.39, 0.29) is 19.1 Å². The van der Waals surface area contributed by atoms with Gasteiger partial charge in [-0.15, -0.1) is 5.10 Å². The molecule has 94 valence electrons. The number of aliphatic hydroxyl groups excluding tert-OH is 1. The van der Waals surface area contributed by atoms with Crippen LogP contribution >= 0.6 is 0 Å². The fourth-order valence-electron chi connectivity index (χ4n) is 1.90. The molecule has 1 fully saturated rings. The van der Waals surface area contributed by atoms with E-state index >= 15 is 0 Å². The molecule has 17 heavy (non-hydrogen) atoms. The Balaban J connectivity index is 1.92. The largest absolute Gasteiger partial charge is 0.396 e. The summed E-state index contributed by atoms with van der Waals surface area (Å²) in [5.41, 5.74) is 0.717. The van der Waals surface area contributed by atoms with Gasteiger partial charge in [0.25, 0.3) is 0 Å². The number of nitrogens with zero attached hydrogens (tertiary/aromatic N) is 4. The Hall–Kier alpha value is -1.43. The fourth-order valence-corrected chi connectivity index (χ4v) is 1.90. The molecule has 0 unspecified atom stereocenters. The molecule has 1 amide bonds. The van der Waals surface area contributed by atoms with Crippen molar-refractivity contribution in [2.45, 2.75) is 38.8 Å². The standard InChI is InChI=1S/C11H18N4O2/c1-2-15(10-3-4-10)11(17)8-14-7-9(5-6-16)12-13-14/h7,10,16H,2-6,8H2,1H3. The van der Waals surface area contributed by atoms with E-state index in [1.54, 1.807) is 10.9 Å². The summed E-state index contributed by atoms with van der Waals surface area (Å²) in [6.07, 6.45) is 4.43. The SMILES string of the molecule is CCN(C(=O)Cn1cc(CCO)nn1)C1CC1. The maximum absolute atomic E-state index is 12.0. The third kappa shape index (κ3) is 3.03. The fraction of sp³-hybridized carbons (Fsp3) is 0.727. The van der Waals surface area contributed by atoms with Crippen LogP contribution in [0, 0.1) is 0 Å². The highest BCUT2D eigenvalue weighted by atomic mass is 16.3. The molecule has 6 heteroatoms. The molecule has 1 aromatic rings. The van der Waals surface area contributed by atoms with Crippen molar-refractivity contribution in [3.05, 3.63) is 11.9 Å². The topological polar surface area (TPSA) is 71.2 Å². The lowest BCUT2D eigenvalue weighted by Crippen LogP contribution is -2.35. The molecule has 1 saturated carbocycles. The Morgan fingerprint density at radius 3 is 3.00 bits per heavy atom. The van der Waals surface area contributed by atoms with Crippen LogP contribution in [0.5, 0.6) is 0 Å². The molecule has 1 N–H and O–H groups in total. The zero-order valence-electron chi connectivity index (χ0n) is 10.0. The Labute approximate surface area is 100 Å². The van der Waals surface area contributed by atoms with Gasteiger partial charge in [0.1, 0.15) is 6.54 Å². The first kappa shape index (κ1) is 12.0. The lowest BCUT2D eigenvalue weighted by Gasteiger charge is -2.19. The van der Waals surface area contributed by atoms with E-state index in [0.29, 0.717) is 12.5 Å². The van der Waals surface area contributed by atoms with Crippen molar-refractivity contribution in [3.63, 3.8) is 0 Å². The number of likely N-dealkylation sites (N-methyl/N-ethyl adjacent to an activating group) is 1. The second-order valence-electron chi connectivity index (χ2n) is 4.29. The van der Waals surface area contributed by atoms with Crippen LogP contribution in [0.2, 0.25) is 0 Å². The third-order valence-electron chi connectivity index (χ3n) is 2.90. The number of hydrogen-bond acceptors (Lipinski definition) is 4. The summed E-state index contributed by atoms with van der Waals surface area (Å²) in [7, 11) is 0. The molecule has 0 aliphatic heterocycles. The van der Waals surface area contributed by atoms with Crippen LogP contribution in [0.25, 0.3) is 0 Å². The van der Waals surface area contributed by atoms with Gasteiger partial charge in [0.15, 0.2) is 0 Å². The third-order valence-corrected chi connectivity index (χ3v) is 2.90. The Kier molecular flexibility index (Phi) is 3.73. The Morgan fingerprint density at radius 1 is 1.65 bits per heavy atom. The molecule has 0 saturated heterocycles. The van der Waals surface area contributed by atoms with Crippen molar-refractivity contribution in [2.75, 3.05) is 13.2 Å². The van der Waals surface area contributed by atoms with E-state index in [0.717, 1.165) is 25.1 Å². The van der Waals surface area contributed by atoms with E-state index in [9.17, 15) is 4.79 Å². The minimum Gasteiger partial charge on any atom is -0.396 e. The summed E-state index contributed by atoms with van der Waals surface area (Å²) in [6.45, 7) is 3.04.